The lowest BCUT2D eigenvalue weighted by Crippen LogP contribution is -2.51. The van der Waals surface area contributed by atoms with Crippen molar-refractivity contribution in [2.75, 3.05) is 0 Å². The minimum absolute atomic E-state index is 0.123. The van der Waals surface area contributed by atoms with Gasteiger partial charge in [0.1, 0.15) is 12.2 Å². The van der Waals surface area contributed by atoms with Crippen LogP contribution in [0.15, 0.2) is 0 Å². The fourth-order valence-electron chi connectivity index (χ4n) is 1.72. The van der Waals surface area contributed by atoms with E-state index in [0.717, 1.165) is 0 Å². The SMILES string of the molecule is CCC(OC(CC)C(O)(O)CC)C(O)(O)CC. The molecule has 0 fully saturated rings. The maximum atomic E-state index is 9.73. The van der Waals surface area contributed by atoms with Gasteiger partial charge in [0.2, 0.25) is 0 Å². The molecule has 0 saturated heterocycles. The summed E-state index contributed by atoms with van der Waals surface area (Å²) in [6.07, 6.45) is -0.644. The van der Waals surface area contributed by atoms with Crippen molar-refractivity contribution in [3.8, 4) is 0 Å². The first-order valence-electron chi connectivity index (χ1n) is 6.30. The Labute approximate surface area is 103 Å². The Bertz CT molecular complexity index is 193. The van der Waals surface area contributed by atoms with E-state index in [9.17, 15) is 20.4 Å². The van der Waals surface area contributed by atoms with Crippen LogP contribution in [0.5, 0.6) is 0 Å². The Morgan fingerprint density at radius 3 is 1.24 bits per heavy atom. The third-order valence-electron chi connectivity index (χ3n) is 3.14. The number of aliphatic hydroxyl groups is 4. The Balaban J connectivity index is 4.75. The first kappa shape index (κ1) is 16.8. The maximum absolute atomic E-state index is 9.73. The monoisotopic (exact) mass is 250 g/mol. The molecule has 5 heteroatoms. The highest BCUT2D eigenvalue weighted by molar-refractivity contribution is 4.80. The highest BCUT2D eigenvalue weighted by Gasteiger charge is 2.39. The Morgan fingerprint density at radius 1 is 0.765 bits per heavy atom. The van der Waals surface area contributed by atoms with Crippen LogP contribution in [0.4, 0.5) is 0 Å². The number of rotatable bonds is 8. The second kappa shape index (κ2) is 6.66. The molecule has 2 unspecified atom stereocenters. The van der Waals surface area contributed by atoms with E-state index >= 15 is 0 Å². The van der Waals surface area contributed by atoms with Crippen LogP contribution in [0.3, 0.4) is 0 Å². The normalized spacial score (nSPS) is 16.9. The van der Waals surface area contributed by atoms with Crippen LogP contribution >= 0.6 is 0 Å². The van der Waals surface area contributed by atoms with Gasteiger partial charge < -0.3 is 25.2 Å². The average molecular weight is 250 g/mol. The predicted octanol–water partition coefficient (Wildman–Crippen LogP) is 0.742. The van der Waals surface area contributed by atoms with Crippen LogP contribution in [0.2, 0.25) is 0 Å². The lowest BCUT2D eigenvalue weighted by molar-refractivity contribution is -0.300. The molecule has 0 amide bonds. The zero-order valence-corrected chi connectivity index (χ0v) is 11.2. The van der Waals surface area contributed by atoms with Crippen LogP contribution in [0.25, 0.3) is 0 Å². The summed E-state index contributed by atoms with van der Waals surface area (Å²) in [6.45, 7) is 6.79. The Kier molecular flexibility index (Phi) is 6.58. The van der Waals surface area contributed by atoms with Crippen LogP contribution in [0.1, 0.15) is 53.4 Å². The van der Waals surface area contributed by atoms with Gasteiger partial charge >= 0.3 is 0 Å². The smallest absolute Gasteiger partial charge is 0.189 e. The summed E-state index contributed by atoms with van der Waals surface area (Å²) < 4.78 is 5.46. The molecule has 0 heterocycles. The molecule has 0 aromatic rings. The summed E-state index contributed by atoms with van der Waals surface area (Å²) in [5.74, 6) is -3.88. The fourth-order valence-corrected chi connectivity index (χ4v) is 1.72. The molecule has 0 aromatic heterocycles. The third kappa shape index (κ3) is 4.52. The van der Waals surface area contributed by atoms with Gasteiger partial charge in [-0.25, -0.2) is 0 Å². The zero-order valence-electron chi connectivity index (χ0n) is 11.2. The highest BCUT2D eigenvalue weighted by atomic mass is 16.6. The van der Waals surface area contributed by atoms with Gasteiger partial charge in [-0.1, -0.05) is 27.7 Å². The van der Waals surface area contributed by atoms with Gasteiger partial charge in [-0.2, -0.15) is 0 Å². The second-order valence-electron chi connectivity index (χ2n) is 4.39. The third-order valence-corrected chi connectivity index (χ3v) is 3.14. The van der Waals surface area contributed by atoms with E-state index in [0.29, 0.717) is 12.8 Å². The molecule has 4 N–H and O–H groups in total. The molecule has 0 spiro atoms. The van der Waals surface area contributed by atoms with E-state index in [1.54, 1.807) is 27.7 Å². The molecule has 0 aromatic carbocycles. The first-order chi connectivity index (χ1) is 7.75. The quantitative estimate of drug-likeness (QED) is 0.477. The zero-order chi connectivity index (χ0) is 13.7. The standard InChI is InChI=1S/C12H26O5/c1-5-9(11(13,14)7-3)17-10(6-2)12(15,16)8-4/h9-10,13-16H,5-8H2,1-4H3. The van der Waals surface area contributed by atoms with E-state index in [1.807, 2.05) is 0 Å². The topological polar surface area (TPSA) is 90.2 Å². The molecule has 0 aliphatic heterocycles. The number of hydrogen-bond donors (Lipinski definition) is 4. The van der Waals surface area contributed by atoms with Crippen LogP contribution in [0, 0.1) is 0 Å². The van der Waals surface area contributed by atoms with Gasteiger partial charge in [0, 0.05) is 12.8 Å². The molecule has 5 nitrogen and oxygen atoms in total. The Hall–Kier alpha value is -0.200. The summed E-state index contributed by atoms with van der Waals surface area (Å²) in [7, 11) is 0. The van der Waals surface area contributed by atoms with Gasteiger partial charge in [-0.3, -0.25) is 0 Å². The molecule has 2 atom stereocenters. The van der Waals surface area contributed by atoms with Crippen LogP contribution < -0.4 is 0 Å². The number of ether oxygens (including phenoxy) is 1. The van der Waals surface area contributed by atoms with Crippen molar-refractivity contribution in [2.24, 2.45) is 0 Å². The van der Waals surface area contributed by atoms with Crippen molar-refractivity contribution in [3.05, 3.63) is 0 Å². The molecule has 17 heavy (non-hydrogen) atoms. The summed E-state index contributed by atoms with van der Waals surface area (Å²) >= 11 is 0. The highest BCUT2D eigenvalue weighted by Crippen LogP contribution is 2.25. The second-order valence-corrected chi connectivity index (χ2v) is 4.39. The molecule has 0 aliphatic rings. The van der Waals surface area contributed by atoms with E-state index in [2.05, 4.69) is 0 Å². The fraction of sp³-hybridized carbons (Fsp3) is 1.00. The van der Waals surface area contributed by atoms with Gasteiger partial charge in [-0.15, -0.1) is 0 Å². The number of hydrogen-bond acceptors (Lipinski definition) is 5. The molecule has 0 saturated carbocycles. The molecule has 0 aliphatic carbocycles. The van der Waals surface area contributed by atoms with Crippen LogP contribution in [-0.4, -0.2) is 44.2 Å². The van der Waals surface area contributed by atoms with Crippen molar-refractivity contribution in [3.63, 3.8) is 0 Å². The summed E-state index contributed by atoms with van der Waals surface area (Å²) in [4.78, 5) is 0. The Morgan fingerprint density at radius 2 is 1.06 bits per heavy atom. The van der Waals surface area contributed by atoms with Crippen LogP contribution in [-0.2, 0) is 4.74 Å². The van der Waals surface area contributed by atoms with Crippen molar-refractivity contribution >= 4 is 0 Å². The minimum Gasteiger partial charge on any atom is -0.364 e. The first-order valence-corrected chi connectivity index (χ1v) is 6.30. The molecule has 104 valence electrons. The largest absolute Gasteiger partial charge is 0.364 e. The van der Waals surface area contributed by atoms with Crippen molar-refractivity contribution < 1.29 is 25.2 Å². The lowest BCUT2D eigenvalue weighted by atomic mass is 10.0. The van der Waals surface area contributed by atoms with E-state index in [-0.39, 0.29) is 12.8 Å². The lowest BCUT2D eigenvalue weighted by Gasteiger charge is -2.37. The van der Waals surface area contributed by atoms with Gasteiger partial charge in [0.05, 0.1) is 0 Å². The molecular weight excluding hydrogens is 224 g/mol. The summed E-state index contributed by atoms with van der Waals surface area (Å²) in [5.41, 5.74) is 0. The molecule has 0 radical (unpaired) electrons. The predicted molar refractivity (Wildman–Crippen MR) is 64.2 cm³/mol. The molecular formula is C12H26O5. The van der Waals surface area contributed by atoms with Crippen molar-refractivity contribution in [1.82, 2.24) is 0 Å². The summed E-state index contributed by atoms with van der Waals surface area (Å²) in [5, 5.41) is 38.9. The van der Waals surface area contributed by atoms with Crippen molar-refractivity contribution in [2.45, 2.75) is 77.2 Å². The maximum Gasteiger partial charge on any atom is 0.189 e. The molecule has 0 rings (SSSR count). The molecule has 0 bridgehead atoms. The van der Waals surface area contributed by atoms with Crippen molar-refractivity contribution in [1.29, 1.82) is 0 Å². The van der Waals surface area contributed by atoms with E-state index in [4.69, 9.17) is 4.74 Å². The van der Waals surface area contributed by atoms with Gasteiger partial charge in [0.15, 0.2) is 11.6 Å². The average Bonchev–Trinajstić information content (AvgIpc) is 2.29. The van der Waals surface area contributed by atoms with E-state index < -0.39 is 23.8 Å². The van der Waals surface area contributed by atoms with Gasteiger partial charge in [-0.05, 0) is 12.8 Å². The van der Waals surface area contributed by atoms with Gasteiger partial charge in [0.25, 0.3) is 0 Å². The summed E-state index contributed by atoms with van der Waals surface area (Å²) in [6, 6.07) is 0. The van der Waals surface area contributed by atoms with E-state index in [1.165, 1.54) is 0 Å². The minimum atomic E-state index is -1.94.